The van der Waals surface area contributed by atoms with Gasteiger partial charge in [-0.15, -0.1) is 0 Å². The van der Waals surface area contributed by atoms with Crippen molar-refractivity contribution < 1.29 is 4.74 Å². The SMILES string of the molecule is CCNC(CC1CCOCC1)c1cc(C)ccc1Br. The minimum atomic E-state index is 0.447. The predicted molar refractivity (Wildman–Crippen MR) is 83.5 cm³/mol. The van der Waals surface area contributed by atoms with Gasteiger partial charge in [0.15, 0.2) is 0 Å². The average Bonchev–Trinajstić information content (AvgIpc) is 2.42. The van der Waals surface area contributed by atoms with Gasteiger partial charge in [-0.3, -0.25) is 0 Å². The highest BCUT2D eigenvalue weighted by molar-refractivity contribution is 9.10. The lowest BCUT2D eigenvalue weighted by Gasteiger charge is -2.28. The fourth-order valence-corrected chi connectivity index (χ4v) is 3.34. The molecule has 1 saturated heterocycles. The molecule has 106 valence electrons. The highest BCUT2D eigenvalue weighted by Crippen LogP contribution is 2.32. The molecule has 19 heavy (non-hydrogen) atoms. The number of ether oxygens (including phenoxy) is 1. The molecule has 1 atom stereocenters. The lowest BCUT2D eigenvalue weighted by Crippen LogP contribution is -2.26. The lowest BCUT2D eigenvalue weighted by molar-refractivity contribution is 0.0605. The monoisotopic (exact) mass is 325 g/mol. The van der Waals surface area contributed by atoms with Crippen molar-refractivity contribution in [3.63, 3.8) is 0 Å². The summed E-state index contributed by atoms with van der Waals surface area (Å²) in [5.74, 6) is 0.783. The number of hydrogen-bond acceptors (Lipinski definition) is 2. The van der Waals surface area contributed by atoms with Gasteiger partial charge in [-0.25, -0.2) is 0 Å². The van der Waals surface area contributed by atoms with E-state index in [-0.39, 0.29) is 0 Å². The van der Waals surface area contributed by atoms with E-state index in [1.54, 1.807) is 0 Å². The Balaban J connectivity index is 2.11. The van der Waals surface area contributed by atoms with Gasteiger partial charge in [-0.05, 0) is 50.3 Å². The third kappa shape index (κ3) is 4.30. The number of aryl methyl sites for hydroxylation is 1. The fraction of sp³-hybridized carbons (Fsp3) is 0.625. The third-order valence-electron chi connectivity index (χ3n) is 3.89. The summed E-state index contributed by atoms with van der Waals surface area (Å²) in [6.45, 7) is 7.21. The Kier molecular flexibility index (Phi) is 5.86. The van der Waals surface area contributed by atoms with Crippen molar-refractivity contribution in [3.05, 3.63) is 33.8 Å². The first-order valence-corrected chi connectivity index (χ1v) is 8.07. The zero-order valence-corrected chi connectivity index (χ0v) is 13.5. The van der Waals surface area contributed by atoms with Gasteiger partial charge < -0.3 is 10.1 Å². The first-order valence-electron chi connectivity index (χ1n) is 7.28. The maximum absolute atomic E-state index is 5.46. The highest BCUT2D eigenvalue weighted by Gasteiger charge is 2.21. The predicted octanol–water partition coefficient (Wildman–Crippen LogP) is 4.22. The second-order valence-corrected chi connectivity index (χ2v) is 6.28. The zero-order valence-electron chi connectivity index (χ0n) is 11.9. The number of halogens is 1. The van der Waals surface area contributed by atoms with Gasteiger partial charge in [-0.2, -0.15) is 0 Å². The molecule has 0 aliphatic carbocycles. The molecular weight excluding hydrogens is 302 g/mol. The topological polar surface area (TPSA) is 21.3 Å². The van der Waals surface area contributed by atoms with E-state index in [2.05, 4.69) is 53.3 Å². The summed E-state index contributed by atoms with van der Waals surface area (Å²) >= 11 is 3.70. The summed E-state index contributed by atoms with van der Waals surface area (Å²) in [6, 6.07) is 7.07. The molecule has 1 aromatic carbocycles. The molecule has 2 rings (SSSR count). The van der Waals surface area contributed by atoms with Gasteiger partial charge in [0.25, 0.3) is 0 Å². The Labute approximate surface area is 125 Å². The molecule has 0 amide bonds. The van der Waals surface area contributed by atoms with E-state index in [1.807, 2.05) is 0 Å². The number of benzene rings is 1. The van der Waals surface area contributed by atoms with Gasteiger partial charge in [0.2, 0.25) is 0 Å². The molecular formula is C16H24BrNO. The normalized spacial score (nSPS) is 18.5. The van der Waals surface area contributed by atoms with Crippen molar-refractivity contribution in [2.45, 2.75) is 39.2 Å². The molecule has 0 saturated carbocycles. The first kappa shape index (κ1) is 15.0. The number of rotatable bonds is 5. The molecule has 0 aromatic heterocycles. The summed E-state index contributed by atoms with van der Waals surface area (Å²) in [4.78, 5) is 0. The first-order chi connectivity index (χ1) is 9.20. The Morgan fingerprint density at radius 1 is 1.37 bits per heavy atom. The molecule has 2 nitrogen and oxygen atoms in total. The summed E-state index contributed by atoms with van der Waals surface area (Å²) in [5.41, 5.74) is 2.72. The molecule has 1 unspecified atom stereocenters. The second-order valence-electron chi connectivity index (χ2n) is 5.43. The largest absolute Gasteiger partial charge is 0.381 e. The zero-order chi connectivity index (χ0) is 13.7. The molecule has 1 aromatic rings. The van der Waals surface area contributed by atoms with Crippen LogP contribution in [0.4, 0.5) is 0 Å². The molecule has 1 N–H and O–H groups in total. The van der Waals surface area contributed by atoms with Gasteiger partial charge in [0, 0.05) is 23.7 Å². The Morgan fingerprint density at radius 3 is 2.79 bits per heavy atom. The van der Waals surface area contributed by atoms with Crippen LogP contribution in [0.25, 0.3) is 0 Å². The van der Waals surface area contributed by atoms with Crippen LogP contribution in [0.2, 0.25) is 0 Å². The van der Waals surface area contributed by atoms with Crippen molar-refractivity contribution in [2.75, 3.05) is 19.8 Å². The van der Waals surface area contributed by atoms with E-state index in [4.69, 9.17) is 4.74 Å². The third-order valence-corrected chi connectivity index (χ3v) is 4.61. The molecule has 0 radical (unpaired) electrons. The van der Waals surface area contributed by atoms with E-state index in [9.17, 15) is 0 Å². The summed E-state index contributed by atoms with van der Waals surface area (Å²) in [7, 11) is 0. The van der Waals surface area contributed by atoms with Crippen LogP contribution in [0, 0.1) is 12.8 Å². The molecule has 1 heterocycles. The second kappa shape index (κ2) is 7.41. The molecule has 0 bridgehead atoms. The van der Waals surface area contributed by atoms with Crippen LogP contribution < -0.4 is 5.32 Å². The maximum Gasteiger partial charge on any atom is 0.0468 e. The van der Waals surface area contributed by atoms with Crippen LogP contribution in [0.3, 0.4) is 0 Å². The van der Waals surface area contributed by atoms with Crippen molar-refractivity contribution >= 4 is 15.9 Å². The van der Waals surface area contributed by atoms with Crippen LogP contribution in [-0.4, -0.2) is 19.8 Å². The van der Waals surface area contributed by atoms with Gasteiger partial charge in [0.05, 0.1) is 0 Å². The summed E-state index contributed by atoms with van der Waals surface area (Å²) < 4.78 is 6.68. The van der Waals surface area contributed by atoms with Crippen molar-refractivity contribution in [3.8, 4) is 0 Å². The van der Waals surface area contributed by atoms with Crippen LogP contribution in [0.5, 0.6) is 0 Å². The Bertz CT molecular complexity index is 402. The standard InChI is InChI=1S/C16H24BrNO/c1-3-18-16(11-13-6-8-19-9-7-13)14-10-12(2)4-5-15(14)17/h4-5,10,13,16,18H,3,6-9,11H2,1-2H3. The Hall–Kier alpha value is -0.380. The van der Waals surface area contributed by atoms with Crippen molar-refractivity contribution in [1.29, 1.82) is 0 Å². The van der Waals surface area contributed by atoms with Gasteiger partial charge in [-0.1, -0.05) is 40.5 Å². The Morgan fingerprint density at radius 2 is 2.11 bits per heavy atom. The molecule has 3 heteroatoms. The maximum atomic E-state index is 5.46. The van der Waals surface area contributed by atoms with E-state index >= 15 is 0 Å². The summed E-state index contributed by atoms with van der Waals surface area (Å²) in [6.07, 6.45) is 3.61. The quantitative estimate of drug-likeness (QED) is 0.874. The number of hydrogen-bond donors (Lipinski definition) is 1. The van der Waals surface area contributed by atoms with Crippen LogP contribution in [-0.2, 0) is 4.74 Å². The number of nitrogens with one attached hydrogen (secondary N) is 1. The lowest BCUT2D eigenvalue weighted by atomic mass is 9.89. The molecule has 1 fully saturated rings. The minimum absolute atomic E-state index is 0.447. The minimum Gasteiger partial charge on any atom is -0.381 e. The molecule has 1 aliphatic rings. The van der Waals surface area contributed by atoms with Crippen LogP contribution >= 0.6 is 15.9 Å². The van der Waals surface area contributed by atoms with Crippen LogP contribution in [0.1, 0.15) is 43.4 Å². The highest BCUT2D eigenvalue weighted by atomic mass is 79.9. The van der Waals surface area contributed by atoms with E-state index in [0.717, 1.165) is 25.7 Å². The van der Waals surface area contributed by atoms with Gasteiger partial charge >= 0.3 is 0 Å². The molecule has 0 spiro atoms. The average molecular weight is 326 g/mol. The van der Waals surface area contributed by atoms with Crippen LogP contribution in [0.15, 0.2) is 22.7 Å². The van der Waals surface area contributed by atoms with Gasteiger partial charge in [0.1, 0.15) is 0 Å². The summed E-state index contributed by atoms with van der Waals surface area (Å²) in [5, 5.41) is 3.64. The fourth-order valence-electron chi connectivity index (χ4n) is 2.81. The smallest absolute Gasteiger partial charge is 0.0468 e. The van der Waals surface area contributed by atoms with E-state index in [1.165, 1.54) is 34.9 Å². The van der Waals surface area contributed by atoms with Crippen molar-refractivity contribution in [2.24, 2.45) is 5.92 Å². The molecule has 1 aliphatic heterocycles. The van der Waals surface area contributed by atoms with E-state index < -0.39 is 0 Å². The van der Waals surface area contributed by atoms with Crippen molar-refractivity contribution in [1.82, 2.24) is 5.32 Å². The van der Waals surface area contributed by atoms with E-state index in [0.29, 0.717) is 6.04 Å².